The van der Waals surface area contributed by atoms with E-state index in [1.165, 1.54) is 7.11 Å². The number of hydrogen-bond acceptors (Lipinski definition) is 6. The van der Waals surface area contributed by atoms with Crippen LogP contribution in [0.25, 0.3) is 0 Å². The fourth-order valence-electron chi connectivity index (χ4n) is 4.42. The Morgan fingerprint density at radius 3 is 2.32 bits per heavy atom. The van der Waals surface area contributed by atoms with E-state index in [2.05, 4.69) is 39.9 Å². The van der Waals surface area contributed by atoms with Gasteiger partial charge < -0.3 is 13.9 Å². The van der Waals surface area contributed by atoms with Gasteiger partial charge >= 0.3 is 6.09 Å². The number of para-hydroxylation sites is 1. The van der Waals surface area contributed by atoms with E-state index in [1.807, 2.05) is 6.08 Å². The zero-order valence-corrected chi connectivity index (χ0v) is 22.7. The minimum atomic E-state index is -2.18. The normalized spacial score (nSPS) is 25.0. The average Bonchev–Trinajstić information content (AvgIpc) is 2.96. The van der Waals surface area contributed by atoms with Crippen LogP contribution in [-0.4, -0.2) is 39.1 Å². The summed E-state index contributed by atoms with van der Waals surface area (Å²) in [4.78, 5) is 28.3. The molecular formula is C26H36N2O5Si. The third-order valence-corrected chi connectivity index (χ3v) is 11.5. The lowest BCUT2D eigenvalue weighted by molar-refractivity contribution is -0.129. The van der Waals surface area contributed by atoms with Crippen LogP contribution in [0.3, 0.4) is 0 Å². The summed E-state index contributed by atoms with van der Waals surface area (Å²) in [5.41, 5.74) is -1.15. The summed E-state index contributed by atoms with van der Waals surface area (Å²) in [5, 5.41) is 10.3. The number of amides is 2. The number of carbonyl (C=O) groups excluding carboxylic acids is 2. The van der Waals surface area contributed by atoms with Crippen molar-refractivity contribution in [1.82, 2.24) is 0 Å². The quantitative estimate of drug-likeness (QED) is 0.514. The molecule has 2 aliphatic rings. The van der Waals surface area contributed by atoms with Crippen molar-refractivity contribution in [3.05, 3.63) is 41.7 Å². The highest BCUT2D eigenvalue weighted by atomic mass is 28.4. The number of nitriles is 1. The molecule has 2 amide bonds. The molecule has 0 aromatic heterocycles. The number of nitrogens with zero attached hydrogens (tertiary/aromatic N) is 2. The van der Waals surface area contributed by atoms with Crippen LogP contribution in [0.15, 0.2) is 36.1 Å². The van der Waals surface area contributed by atoms with Crippen molar-refractivity contribution in [2.75, 3.05) is 12.0 Å². The molecule has 0 saturated carbocycles. The van der Waals surface area contributed by atoms with Crippen molar-refractivity contribution < 1.29 is 23.5 Å². The lowest BCUT2D eigenvalue weighted by Crippen LogP contribution is -2.57. The van der Waals surface area contributed by atoms with Crippen LogP contribution >= 0.6 is 0 Å². The van der Waals surface area contributed by atoms with Gasteiger partial charge in [0.25, 0.3) is 5.91 Å². The van der Waals surface area contributed by atoms with Crippen LogP contribution in [-0.2, 0) is 24.1 Å². The fourth-order valence-corrected chi connectivity index (χ4v) is 5.53. The second-order valence-corrected chi connectivity index (χ2v) is 16.3. The van der Waals surface area contributed by atoms with Crippen LogP contribution in [0.1, 0.15) is 53.5 Å². The highest BCUT2D eigenvalue weighted by Gasteiger charge is 2.64. The summed E-state index contributed by atoms with van der Waals surface area (Å²) in [5.74, 6) is -0.635. The Kier molecular flexibility index (Phi) is 6.53. The fraction of sp³-hybridized carbons (Fsp3) is 0.577. The van der Waals surface area contributed by atoms with E-state index in [0.29, 0.717) is 17.0 Å². The average molecular weight is 485 g/mol. The van der Waals surface area contributed by atoms with Gasteiger partial charge in [-0.15, -0.1) is 0 Å². The SMILES string of the molecule is COC1C=C(O[Si](C)(C)C(C)(C)C)CC(C#N)C12C(=O)N(C(=O)OC(C)(C)C)c1ccccc12. The van der Waals surface area contributed by atoms with E-state index in [1.54, 1.807) is 45.0 Å². The number of carbonyl (C=O) groups is 2. The Balaban J connectivity index is 2.15. The molecule has 0 fully saturated rings. The molecule has 1 aromatic carbocycles. The Morgan fingerprint density at radius 2 is 1.79 bits per heavy atom. The number of ether oxygens (including phenoxy) is 2. The third kappa shape index (κ3) is 4.16. The van der Waals surface area contributed by atoms with E-state index < -0.39 is 43.4 Å². The van der Waals surface area contributed by atoms with Gasteiger partial charge in [-0.05, 0) is 56.6 Å². The third-order valence-electron chi connectivity index (χ3n) is 7.07. The van der Waals surface area contributed by atoms with E-state index >= 15 is 0 Å². The molecule has 0 N–H and O–H groups in total. The molecule has 0 saturated heterocycles. The van der Waals surface area contributed by atoms with Gasteiger partial charge in [0.15, 0.2) is 0 Å². The second kappa shape index (κ2) is 8.54. The summed E-state index contributed by atoms with van der Waals surface area (Å²) in [6, 6.07) is 9.41. The van der Waals surface area contributed by atoms with E-state index in [-0.39, 0.29) is 11.5 Å². The summed E-state index contributed by atoms with van der Waals surface area (Å²) in [7, 11) is -0.665. The number of fused-ring (bicyclic) bond motifs is 2. The predicted molar refractivity (Wildman–Crippen MR) is 133 cm³/mol. The van der Waals surface area contributed by atoms with Crippen LogP contribution in [0.2, 0.25) is 18.1 Å². The minimum Gasteiger partial charge on any atom is -0.547 e. The first-order valence-electron chi connectivity index (χ1n) is 11.6. The number of rotatable bonds is 3. The lowest BCUT2D eigenvalue weighted by Gasteiger charge is -2.44. The molecule has 1 aliphatic heterocycles. The molecule has 3 atom stereocenters. The molecule has 34 heavy (non-hydrogen) atoms. The van der Waals surface area contributed by atoms with Crippen molar-refractivity contribution in [3.8, 4) is 6.07 Å². The van der Waals surface area contributed by atoms with Crippen LogP contribution in [0, 0.1) is 17.2 Å². The molecule has 8 heteroatoms. The number of allylic oxidation sites excluding steroid dienone is 1. The Morgan fingerprint density at radius 1 is 1.18 bits per heavy atom. The Bertz CT molecular complexity index is 1060. The minimum absolute atomic E-state index is 0.0308. The molecule has 1 aromatic rings. The molecule has 0 bridgehead atoms. The van der Waals surface area contributed by atoms with E-state index in [4.69, 9.17) is 13.9 Å². The zero-order valence-electron chi connectivity index (χ0n) is 21.7. The van der Waals surface area contributed by atoms with Crippen molar-refractivity contribution >= 4 is 26.0 Å². The standard InChI is InChI=1S/C26H36N2O5Si/c1-24(2,3)32-23(30)28-20-13-11-10-12-19(20)26(22(28)29)17(16-27)14-18(15-21(26)31-7)33-34(8,9)25(4,5)6/h10-13,15,17,21H,14H2,1-9H3. The van der Waals surface area contributed by atoms with Gasteiger partial charge in [0, 0.05) is 13.5 Å². The topological polar surface area (TPSA) is 88.9 Å². The largest absolute Gasteiger partial charge is 0.547 e. The monoisotopic (exact) mass is 484 g/mol. The molecule has 1 spiro atoms. The zero-order chi connectivity index (χ0) is 25.7. The summed E-state index contributed by atoms with van der Waals surface area (Å²) in [6.07, 6.45) is 0.527. The van der Waals surface area contributed by atoms with E-state index in [0.717, 1.165) is 4.90 Å². The number of methoxy groups -OCH3 is 1. The molecule has 3 unspecified atom stereocenters. The van der Waals surface area contributed by atoms with Crippen LogP contribution < -0.4 is 4.90 Å². The Labute approximate surface area is 203 Å². The maximum Gasteiger partial charge on any atom is 0.421 e. The summed E-state index contributed by atoms with van der Waals surface area (Å²) in [6.45, 7) is 16.0. The summed E-state index contributed by atoms with van der Waals surface area (Å²) < 4.78 is 17.9. The molecule has 3 rings (SSSR count). The first kappa shape index (κ1) is 26.0. The first-order valence-corrected chi connectivity index (χ1v) is 14.5. The van der Waals surface area contributed by atoms with Gasteiger partial charge in [0.1, 0.15) is 11.0 Å². The van der Waals surface area contributed by atoms with Crippen molar-refractivity contribution in [1.29, 1.82) is 5.26 Å². The molecule has 1 aliphatic carbocycles. The number of imide groups is 1. The molecular weight excluding hydrogens is 448 g/mol. The predicted octanol–water partition coefficient (Wildman–Crippen LogP) is 5.67. The number of hydrogen-bond donors (Lipinski definition) is 0. The summed E-state index contributed by atoms with van der Waals surface area (Å²) >= 11 is 0. The lowest BCUT2D eigenvalue weighted by atomic mass is 9.63. The highest BCUT2D eigenvalue weighted by molar-refractivity contribution is 6.74. The van der Waals surface area contributed by atoms with Gasteiger partial charge in [-0.2, -0.15) is 5.26 Å². The number of benzene rings is 1. The molecule has 0 radical (unpaired) electrons. The van der Waals surface area contributed by atoms with Gasteiger partial charge in [0.05, 0.1) is 29.5 Å². The molecule has 7 nitrogen and oxygen atoms in total. The van der Waals surface area contributed by atoms with Crippen LogP contribution in [0.5, 0.6) is 0 Å². The number of anilines is 1. The van der Waals surface area contributed by atoms with E-state index in [9.17, 15) is 14.9 Å². The van der Waals surface area contributed by atoms with Gasteiger partial charge in [-0.1, -0.05) is 39.0 Å². The second-order valence-electron chi connectivity index (χ2n) is 11.5. The van der Waals surface area contributed by atoms with Crippen molar-refractivity contribution in [3.63, 3.8) is 0 Å². The maximum atomic E-state index is 14.1. The highest BCUT2D eigenvalue weighted by Crippen LogP contribution is 2.54. The van der Waals surface area contributed by atoms with Crippen LogP contribution in [0.4, 0.5) is 10.5 Å². The Hall–Kier alpha value is -2.63. The van der Waals surface area contributed by atoms with Gasteiger partial charge in [0.2, 0.25) is 8.32 Å². The van der Waals surface area contributed by atoms with Crippen molar-refractivity contribution in [2.24, 2.45) is 5.92 Å². The smallest absolute Gasteiger partial charge is 0.421 e. The molecule has 184 valence electrons. The van der Waals surface area contributed by atoms with Crippen molar-refractivity contribution in [2.45, 2.75) is 83.2 Å². The maximum absolute atomic E-state index is 14.1. The first-order chi connectivity index (χ1) is 15.6. The van der Waals surface area contributed by atoms with Gasteiger partial charge in [-0.3, -0.25) is 4.79 Å². The van der Waals surface area contributed by atoms with Gasteiger partial charge in [-0.25, -0.2) is 9.69 Å². The molecule has 1 heterocycles.